The van der Waals surface area contributed by atoms with Gasteiger partial charge in [-0.2, -0.15) is 0 Å². The first-order chi connectivity index (χ1) is 14.5. The standard InChI is InChI=1S/C24H28FN3O2/c1-26-21(29)24(20-10-2-5-14-27-20)13-7-15-28(17-24)22(30)23(11-3-4-12-23)18-8-6-9-19(25)16-18/h2,5-6,8-10,14,16H,3-4,7,11-13,15,17H2,1H3,(H,26,29). The van der Waals surface area contributed by atoms with E-state index in [1.807, 2.05) is 29.2 Å². The average Bonchev–Trinajstić information content (AvgIpc) is 3.30. The average molecular weight is 410 g/mol. The van der Waals surface area contributed by atoms with E-state index in [1.54, 1.807) is 19.3 Å². The normalized spacial score (nSPS) is 23.2. The van der Waals surface area contributed by atoms with Gasteiger partial charge in [-0.3, -0.25) is 14.6 Å². The summed E-state index contributed by atoms with van der Waals surface area (Å²) in [5.74, 6) is -0.433. The van der Waals surface area contributed by atoms with Crippen LogP contribution >= 0.6 is 0 Å². The van der Waals surface area contributed by atoms with Crippen LogP contribution in [0.4, 0.5) is 4.39 Å². The summed E-state index contributed by atoms with van der Waals surface area (Å²) >= 11 is 0. The van der Waals surface area contributed by atoms with Crippen LogP contribution in [0.3, 0.4) is 0 Å². The number of hydrogen-bond acceptors (Lipinski definition) is 3. The van der Waals surface area contributed by atoms with Crippen molar-refractivity contribution < 1.29 is 14.0 Å². The van der Waals surface area contributed by atoms with E-state index in [0.29, 0.717) is 38.0 Å². The van der Waals surface area contributed by atoms with Gasteiger partial charge in [-0.05, 0) is 55.5 Å². The Kier molecular flexibility index (Phi) is 5.58. The number of likely N-dealkylation sites (tertiary alicyclic amines) is 1. The monoisotopic (exact) mass is 409 g/mol. The van der Waals surface area contributed by atoms with Crippen molar-refractivity contribution in [1.29, 1.82) is 0 Å². The molecule has 0 radical (unpaired) electrons. The molecule has 2 fully saturated rings. The topological polar surface area (TPSA) is 62.3 Å². The molecule has 1 saturated carbocycles. The molecule has 2 aliphatic rings. The largest absolute Gasteiger partial charge is 0.358 e. The number of piperidine rings is 1. The van der Waals surface area contributed by atoms with Gasteiger partial charge in [0.15, 0.2) is 0 Å². The number of aromatic nitrogens is 1. The van der Waals surface area contributed by atoms with Gasteiger partial charge in [0.05, 0.1) is 11.1 Å². The van der Waals surface area contributed by atoms with E-state index in [-0.39, 0.29) is 17.6 Å². The number of nitrogens with zero attached hydrogens (tertiary/aromatic N) is 2. The van der Waals surface area contributed by atoms with E-state index in [4.69, 9.17) is 0 Å². The van der Waals surface area contributed by atoms with E-state index in [1.165, 1.54) is 12.1 Å². The molecule has 4 rings (SSSR count). The Bertz CT molecular complexity index is 927. The van der Waals surface area contributed by atoms with Crippen molar-refractivity contribution in [2.75, 3.05) is 20.1 Å². The van der Waals surface area contributed by atoms with Crippen molar-refractivity contribution in [2.45, 2.75) is 49.4 Å². The van der Waals surface area contributed by atoms with Gasteiger partial charge in [0.25, 0.3) is 0 Å². The zero-order valence-electron chi connectivity index (χ0n) is 17.4. The summed E-state index contributed by atoms with van der Waals surface area (Å²) in [6, 6.07) is 12.0. The third kappa shape index (κ3) is 3.38. The first-order valence-corrected chi connectivity index (χ1v) is 10.7. The number of nitrogens with one attached hydrogen (secondary N) is 1. The lowest BCUT2D eigenvalue weighted by molar-refractivity contribution is -0.142. The molecule has 2 aromatic rings. The van der Waals surface area contributed by atoms with Crippen LogP contribution in [-0.2, 0) is 20.4 Å². The molecule has 1 aromatic carbocycles. The summed E-state index contributed by atoms with van der Waals surface area (Å²) in [5, 5.41) is 2.79. The minimum atomic E-state index is -0.869. The van der Waals surface area contributed by atoms with E-state index < -0.39 is 10.8 Å². The molecule has 0 spiro atoms. The van der Waals surface area contributed by atoms with E-state index in [9.17, 15) is 14.0 Å². The number of amides is 2. The third-order valence-electron chi connectivity index (χ3n) is 6.84. The molecule has 1 N–H and O–H groups in total. The second-order valence-corrected chi connectivity index (χ2v) is 8.51. The van der Waals surface area contributed by atoms with Crippen molar-refractivity contribution in [1.82, 2.24) is 15.2 Å². The third-order valence-corrected chi connectivity index (χ3v) is 6.84. The SMILES string of the molecule is CNC(=O)C1(c2ccccn2)CCCN(C(=O)C2(c3cccc(F)c3)CCCC2)C1. The van der Waals surface area contributed by atoms with Crippen LogP contribution in [0.15, 0.2) is 48.7 Å². The Balaban J connectivity index is 1.71. The number of hydrogen-bond donors (Lipinski definition) is 1. The second-order valence-electron chi connectivity index (χ2n) is 8.51. The maximum atomic E-state index is 14.0. The molecule has 1 atom stereocenters. The highest BCUT2D eigenvalue weighted by atomic mass is 19.1. The molecule has 1 unspecified atom stereocenters. The van der Waals surface area contributed by atoms with Crippen molar-refractivity contribution >= 4 is 11.8 Å². The van der Waals surface area contributed by atoms with Gasteiger partial charge < -0.3 is 10.2 Å². The minimum Gasteiger partial charge on any atom is -0.358 e. The number of benzene rings is 1. The maximum Gasteiger partial charge on any atom is 0.233 e. The van der Waals surface area contributed by atoms with Crippen LogP contribution < -0.4 is 5.32 Å². The molecular weight excluding hydrogens is 381 g/mol. The molecule has 1 aliphatic heterocycles. The Morgan fingerprint density at radius 1 is 1.03 bits per heavy atom. The minimum absolute atomic E-state index is 0.00880. The fraction of sp³-hybridized carbons (Fsp3) is 0.458. The predicted molar refractivity (Wildman–Crippen MR) is 112 cm³/mol. The van der Waals surface area contributed by atoms with E-state index >= 15 is 0 Å². The molecule has 1 saturated heterocycles. The lowest BCUT2D eigenvalue weighted by Crippen LogP contribution is -2.58. The quantitative estimate of drug-likeness (QED) is 0.843. The van der Waals surface area contributed by atoms with Crippen molar-refractivity contribution in [3.63, 3.8) is 0 Å². The van der Waals surface area contributed by atoms with Gasteiger partial charge in [-0.15, -0.1) is 0 Å². The highest BCUT2D eigenvalue weighted by molar-refractivity contribution is 5.92. The maximum absolute atomic E-state index is 14.0. The molecule has 1 aliphatic carbocycles. The first-order valence-electron chi connectivity index (χ1n) is 10.7. The van der Waals surface area contributed by atoms with Gasteiger partial charge in [0, 0.05) is 26.3 Å². The highest BCUT2D eigenvalue weighted by Crippen LogP contribution is 2.44. The Hall–Kier alpha value is -2.76. The summed E-state index contributed by atoms with van der Waals surface area (Å²) in [4.78, 5) is 33.2. The molecule has 0 bridgehead atoms. The van der Waals surface area contributed by atoms with Crippen LogP contribution in [0.25, 0.3) is 0 Å². The summed E-state index contributed by atoms with van der Waals surface area (Å²) in [7, 11) is 1.62. The summed E-state index contributed by atoms with van der Waals surface area (Å²) < 4.78 is 14.0. The highest BCUT2D eigenvalue weighted by Gasteiger charge is 2.50. The molecule has 1 aromatic heterocycles. The zero-order chi connectivity index (χ0) is 21.2. The molecule has 5 nitrogen and oxygen atoms in total. The van der Waals surface area contributed by atoms with Crippen LogP contribution in [0, 0.1) is 5.82 Å². The number of likely N-dealkylation sites (N-methyl/N-ethyl adjacent to an activating group) is 1. The van der Waals surface area contributed by atoms with Gasteiger partial charge in [0.1, 0.15) is 11.2 Å². The van der Waals surface area contributed by atoms with Crippen molar-refractivity contribution in [3.8, 4) is 0 Å². The Morgan fingerprint density at radius 3 is 2.47 bits per heavy atom. The zero-order valence-corrected chi connectivity index (χ0v) is 17.4. The summed E-state index contributed by atoms with van der Waals surface area (Å²) in [6.45, 7) is 0.890. The van der Waals surface area contributed by atoms with Crippen LogP contribution in [0.5, 0.6) is 0 Å². The number of rotatable bonds is 4. The molecular formula is C24H28FN3O2. The summed E-state index contributed by atoms with van der Waals surface area (Å²) in [6.07, 6.45) is 6.35. The molecule has 30 heavy (non-hydrogen) atoms. The number of halogens is 1. The smallest absolute Gasteiger partial charge is 0.233 e. The predicted octanol–water partition coefficient (Wildman–Crippen LogP) is 3.34. The van der Waals surface area contributed by atoms with Crippen molar-refractivity contribution in [2.24, 2.45) is 0 Å². The lowest BCUT2D eigenvalue weighted by Gasteiger charge is -2.44. The van der Waals surface area contributed by atoms with Gasteiger partial charge >= 0.3 is 0 Å². The fourth-order valence-electron chi connectivity index (χ4n) is 5.32. The van der Waals surface area contributed by atoms with Gasteiger partial charge in [-0.25, -0.2) is 4.39 Å². The van der Waals surface area contributed by atoms with Crippen LogP contribution in [0.2, 0.25) is 0 Å². The van der Waals surface area contributed by atoms with Crippen LogP contribution in [-0.4, -0.2) is 41.8 Å². The molecule has 6 heteroatoms. The van der Waals surface area contributed by atoms with Gasteiger partial charge in [-0.1, -0.05) is 31.0 Å². The Morgan fingerprint density at radius 2 is 1.80 bits per heavy atom. The number of carbonyl (C=O) groups excluding carboxylic acids is 2. The summed E-state index contributed by atoms with van der Waals surface area (Å²) in [5.41, 5.74) is -0.143. The molecule has 158 valence electrons. The second kappa shape index (κ2) is 8.17. The molecule has 2 heterocycles. The van der Waals surface area contributed by atoms with E-state index in [0.717, 1.165) is 24.8 Å². The number of carbonyl (C=O) groups is 2. The van der Waals surface area contributed by atoms with E-state index in [2.05, 4.69) is 10.3 Å². The number of pyridine rings is 1. The Labute approximate surface area is 176 Å². The lowest BCUT2D eigenvalue weighted by atomic mass is 9.73. The van der Waals surface area contributed by atoms with Gasteiger partial charge in [0.2, 0.25) is 11.8 Å². The molecule has 2 amide bonds. The first kappa shape index (κ1) is 20.5. The van der Waals surface area contributed by atoms with Crippen molar-refractivity contribution in [3.05, 3.63) is 65.7 Å². The fourth-order valence-corrected chi connectivity index (χ4v) is 5.32. The van der Waals surface area contributed by atoms with Crippen LogP contribution in [0.1, 0.15) is 49.8 Å².